The van der Waals surface area contributed by atoms with E-state index in [2.05, 4.69) is 0 Å². The SMILES string of the molecule is CC(C)=O.COc1ccc(Cl)cc1. The van der Waals surface area contributed by atoms with Gasteiger partial charge in [-0.3, -0.25) is 0 Å². The molecule has 0 aliphatic carbocycles. The number of hydrogen-bond donors (Lipinski definition) is 0. The van der Waals surface area contributed by atoms with Crippen LogP contribution in [0.5, 0.6) is 5.75 Å². The lowest BCUT2D eigenvalue weighted by Crippen LogP contribution is -1.79. The normalized spacial score (nSPS) is 8.31. The molecule has 1 aromatic rings. The summed E-state index contributed by atoms with van der Waals surface area (Å²) in [5, 5.41) is 0.732. The van der Waals surface area contributed by atoms with Crippen LogP contribution in [0, 0.1) is 0 Å². The molecule has 13 heavy (non-hydrogen) atoms. The van der Waals surface area contributed by atoms with Crippen molar-refractivity contribution in [3.63, 3.8) is 0 Å². The minimum Gasteiger partial charge on any atom is -0.497 e. The van der Waals surface area contributed by atoms with Crippen molar-refractivity contribution in [2.45, 2.75) is 13.8 Å². The molecule has 0 aromatic heterocycles. The van der Waals surface area contributed by atoms with Crippen LogP contribution in [0.25, 0.3) is 0 Å². The van der Waals surface area contributed by atoms with Crippen LogP contribution >= 0.6 is 11.6 Å². The third-order valence-corrected chi connectivity index (χ3v) is 1.30. The molecule has 0 amide bonds. The van der Waals surface area contributed by atoms with Gasteiger partial charge < -0.3 is 9.53 Å². The molecule has 72 valence electrons. The van der Waals surface area contributed by atoms with Gasteiger partial charge in [0.25, 0.3) is 0 Å². The van der Waals surface area contributed by atoms with E-state index in [9.17, 15) is 4.79 Å². The maximum atomic E-state index is 9.44. The van der Waals surface area contributed by atoms with Gasteiger partial charge in [0.1, 0.15) is 11.5 Å². The number of Topliss-reactive ketones (excluding diaryl/α,β-unsaturated/α-hetero) is 1. The molecular weight excluding hydrogens is 188 g/mol. The van der Waals surface area contributed by atoms with Crippen molar-refractivity contribution in [2.75, 3.05) is 7.11 Å². The second-order valence-electron chi connectivity index (χ2n) is 2.57. The highest BCUT2D eigenvalue weighted by molar-refractivity contribution is 6.30. The van der Waals surface area contributed by atoms with Crippen LogP contribution in [0.4, 0.5) is 0 Å². The lowest BCUT2D eigenvalue weighted by Gasteiger charge is -1.96. The first-order valence-corrected chi connectivity index (χ1v) is 4.20. The van der Waals surface area contributed by atoms with Crippen LogP contribution in [0.15, 0.2) is 24.3 Å². The summed E-state index contributed by atoms with van der Waals surface area (Å²) in [6.45, 7) is 3.06. The molecule has 1 aromatic carbocycles. The smallest absolute Gasteiger partial charge is 0.126 e. The average molecular weight is 201 g/mol. The molecule has 1 rings (SSSR count). The lowest BCUT2D eigenvalue weighted by molar-refractivity contribution is -0.114. The second kappa shape index (κ2) is 6.49. The van der Waals surface area contributed by atoms with Crippen LogP contribution in [0.3, 0.4) is 0 Å². The molecule has 0 atom stereocenters. The molecule has 0 aliphatic rings. The standard InChI is InChI=1S/C7H7ClO.C3H6O/c1-9-7-4-2-6(8)3-5-7;1-3(2)4/h2-5H,1H3;1-2H3. The first-order chi connectivity index (χ1) is 6.06. The highest BCUT2D eigenvalue weighted by Gasteiger charge is 1.87. The van der Waals surface area contributed by atoms with E-state index in [1.165, 1.54) is 13.8 Å². The first-order valence-electron chi connectivity index (χ1n) is 3.83. The van der Waals surface area contributed by atoms with Crippen molar-refractivity contribution < 1.29 is 9.53 Å². The highest BCUT2D eigenvalue weighted by atomic mass is 35.5. The number of halogens is 1. The van der Waals surface area contributed by atoms with Gasteiger partial charge >= 0.3 is 0 Å². The van der Waals surface area contributed by atoms with E-state index in [-0.39, 0.29) is 5.78 Å². The molecule has 2 nitrogen and oxygen atoms in total. The number of benzene rings is 1. The summed E-state index contributed by atoms with van der Waals surface area (Å²) < 4.78 is 4.91. The van der Waals surface area contributed by atoms with Crippen molar-refractivity contribution in [1.82, 2.24) is 0 Å². The second-order valence-corrected chi connectivity index (χ2v) is 3.00. The van der Waals surface area contributed by atoms with Crippen LogP contribution in [0.2, 0.25) is 5.02 Å². The molecule has 3 heteroatoms. The Morgan fingerprint density at radius 3 is 1.92 bits per heavy atom. The summed E-state index contributed by atoms with van der Waals surface area (Å²) >= 11 is 5.61. The van der Waals surface area contributed by atoms with E-state index < -0.39 is 0 Å². The fraction of sp³-hybridized carbons (Fsp3) is 0.300. The van der Waals surface area contributed by atoms with Gasteiger partial charge in [-0.2, -0.15) is 0 Å². The van der Waals surface area contributed by atoms with Crippen molar-refractivity contribution in [1.29, 1.82) is 0 Å². The lowest BCUT2D eigenvalue weighted by atomic mass is 10.3. The Bertz CT molecular complexity index is 250. The summed E-state index contributed by atoms with van der Waals surface area (Å²) in [6, 6.07) is 7.23. The third-order valence-electron chi connectivity index (χ3n) is 1.05. The van der Waals surface area contributed by atoms with Gasteiger partial charge in [-0.25, -0.2) is 0 Å². The van der Waals surface area contributed by atoms with Crippen LogP contribution in [0.1, 0.15) is 13.8 Å². The zero-order chi connectivity index (χ0) is 10.3. The molecule has 0 N–H and O–H groups in total. The number of carbonyl (C=O) groups excluding carboxylic acids is 1. The van der Waals surface area contributed by atoms with Gasteiger partial charge in [-0.1, -0.05) is 11.6 Å². The molecule has 0 heterocycles. The van der Waals surface area contributed by atoms with Gasteiger partial charge in [0, 0.05) is 5.02 Å². The Morgan fingerprint density at radius 1 is 1.23 bits per heavy atom. The fourth-order valence-electron chi connectivity index (χ4n) is 0.571. The number of rotatable bonds is 1. The number of hydrogen-bond acceptors (Lipinski definition) is 2. The molecule has 0 saturated carbocycles. The summed E-state index contributed by atoms with van der Waals surface area (Å²) in [4.78, 5) is 9.44. The Morgan fingerprint density at radius 2 is 1.62 bits per heavy atom. The predicted molar refractivity (Wildman–Crippen MR) is 54.4 cm³/mol. The van der Waals surface area contributed by atoms with Gasteiger partial charge in [0.2, 0.25) is 0 Å². The van der Waals surface area contributed by atoms with E-state index >= 15 is 0 Å². The zero-order valence-corrected chi connectivity index (χ0v) is 8.76. The van der Waals surface area contributed by atoms with Gasteiger partial charge in [-0.15, -0.1) is 0 Å². The Balaban J connectivity index is 0.000000310. The quantitative estimate of drug-likeness (QED) is 0.697. The highest BCUT2D eigenvalue weighted by Crippen LogP contribution is 2.14. The molecule has 0 unspecified atom stereocenters. The molecule has 0 bridgehead atoms. The molecule has 0 saturated heterocycles. The molecule has 0 fully saturated rings. The number of methoxy groups -OCH3 is 1. The molecule has 0 radical (unpaired) electrons. The number of ether oxygens (including phenoxy) is 1. The Hall–Kier alpha value is -1.02. The topological polar surface area (TPSA) is 26.3 Å². The maximum Gasteiger partial charge on any atom is 0.126 e. The minimum atomic E-state index is 0.167. The van der Waals surface area contributed by atoms with E-state index in [0.717, 1.165) is 10.8 Å². The molecule has 0 aliphatic heterocycles. The largest absolute Gasteiger partial charge is 0.497 e. The van der Waals surface area contributed by atoms with E-state index in [1.807, 2.05) is 12.1 Å². The van der Waals surface area contributed by atoms with Crippen LogP contribution in [-0.4, -0.2) is 12.9 Å². The summed E-state index contributed by atoms with van der Waals surface area (Å²) in [6.07, 6.45) is 0. The van der Waals surface area contributed by atoms with Gasteiger partial charge in [-0.05, 0) is 38.1 Å². The van der Waals surface area contributed by atoms with Crippen LogP contribution < -0.4 is 4.74 Å². The summed E-state index contributed by atoms with van der Waals surface area (Å²) in [5.74, 6) is 0.999. The van der Waals surface area contributed by atoms with Crippen molar-refractivity contribution in [3.8, 4) is 5.75 Å². The number of ketones is 1. The summed E-state index contributed by atoms with van der Waals surface area (Å²) in [7, 11) is 1.63. The van der Waals surface area contributed by atoms with Gasteiger partial charge in [0.15, 0.2) is 0 Å². The maximum absolute atomic E-state index is 9.44. The van der Waals surface area contributed by atoms with Gasteiger partial charge in [0.05, 0.1) is 7.11 Å². The van der Waals surface area contributed by atoms with Crippen molar-refractivity contribution in [3.05, 3.63) is 29.3 Å². The Labute approximate surface area is 83.5 Å². The summed E-state index contributed by atoms with van der Waals surface area (Å²) in [5.41, 5.74) is 0. The minimum absolute atomic E-state index is 0.167. The van der Waals surface area contributed by atoms with E-state index in [1.54, 1.807) is 19.2 Å². The molecule has 0 spiro atoms. The van der Waals surface area contributed by atoms with Crippen molar-refractivity contribution in [2.24, 2.45) is 0 Å². The molecular formula is C10H13ClO2. The first kappa shape index (κ1) is 12.0. The monoisotopic (exact) mass is 200 g/mol. The van der Waals surface area contributed by atoms with E-state index in [4.69, 9.17) is 16.3 Å². The van der Waals surface area contributed by atoms with Crippen LogP contribution in [-0.2, 0) is 4.79 Å². The third kappa shape index (κ3) is 7.34. The zero-order valence-electron chi connectivity index (χ0n) is 8.00. The van der Waals surface area contributed by atoms with Crippen molar-refractivity contribution >= 4 is 17.4 Å². The predicted octanol–water partition coefficient (Wildman–Crippen LogP) is 2.94. The number of carbonyl (C=O) groups is 1. The fourth-order valence-corrected chi connectivity index (χ4v) is 0.697. The Kier molecular flexibility index (Phi) is 5.98. The average Bonchev–Trinajstić information content (AvgIpc) is 2.05. The van der Waals surface area contributed by atoms with E-state index in [0.29, 0.717) is 0 Å².